The Labute approximate surface area is 84.1 Å². The third-order valence-electron chi connectivity index (χ3n) is 3.46. The van der Waals surface area contributed by atoms with Crippen LogP contribution in [0.4, 0.5) is 0 Å². The molecule has 1 fully saturated rings. The van der Waals surface area contributed by atoms with Gasteiger partial charge in [0.25, 0.3) is 0 Å². The fourth-order valence-corrected chi connectivity index (χ4v) is 2.46. The molecule has 1 aliphatic rings. The molecule has 0 N–H and O–H groups in total. The van der Waals surface area contributed by atoms with E-state index in [1.165, 1.54) is 38.5 Å². The van der Waals surface area contributed by atoms with Gasteiger partial charge in [-0.3, -0.25) is 0 Å². The second kappa shape index (κ2) is 4.48. The van der Waals surface area contributed by atoms with E-state index in [1.807, 2.05) is 0 Å². The lowest BCUT2D eigenvalue weighted by molar-refractivity contribution is 0.323. The summed E-state index contributed by atoms with van der Waals surface area (Å²) in [7, 11) is 0. The molecule has 0 heterocycles. The van der Waals surface area contributed by atoms with Crippen LogP contribution in [0, 0.1) is 17.3 Å². The molecule has 1 saturated carbocycles. The molecule has 0 spiro atoms. The van der Waals surface area contributed by atoms with E-state index in [0.717, 1.165) is 11.8 Å². The van der Waals surface area contributed by atoms with E-state index in [4.69, 9.17) is 0 Å². The predicted octanol–water partition coefficient (Wildman–Crippen LogP) is 4.64. The Hall–Kier alpha value is 0. The maximum absolute atomic E-state index is 2.39. The Morgan fingerprint density at radius 2 is 1.77 bits per heavy atom. The van der Waals surface area contributed by atoms with E-state index in [1.54, 1.807) is 0 Å². The van der Waals surface area contributed by atoms with Crippen molar-refractivity contribution in [2.45, 2.75) is 66.2 Å². The molecular formula is C13H26. The molecule has 0 amide bonds. The van der Waals surface area contributed by atoms with E-state index >= 15 is 0 Å². The molecule has 1 rings (SSSR count). The van der Waals surface area contributed by atoms with Crippen molar-refractivity contribution in [2.75, 3.05) is 0 Å². The van der Waals surface area contributed by atoms with Crippen molar-refractivity contribution in [3.05, 3.63) is 0 Å². The molecule has 1 aliphatic carbocycles. The Kier molecular flexibility index (Phi) is 3.82. The van der Waals surface area contributed by atoms with Crippen molar-refractivity contribution >= 4 is 0 Å². The molecule has 0 aromatic heterocycles. The van der Waals surface area contributed by atoms with Gasteiger partial charge >= 0.3 is 0 Å². The highest BCUT2D eigenvalue weighted by molar-refractivity contribution is 4.93. The molecule has 0 bridgehead atoms. The molecule has 2 unspecified atom stereocenters. The summed E-state index contributed by atoms with van der Waals surface area (Å²) in [5.74, 6) is 2.12. The maximum Gasteiger partial charge on any atom is -0.0334 e. The van der Waals surface area contributed by atoms with Gasteiger partial charge in [-0.2, -0.15) is 0 Å². The predicted molar refractivity (Wildman–Crippen MR) is 59.8 cm³/mol. The van der Waals surface area contributed by atoms with Crippen LogP contribution in [0.15, 0.2) is 0 Å². The molecule has 13 heavy (non-hydrogen) atoms. The van der Waals surface area contributed by atoms with Crippen molar-refractivity contribution < 1.29 is 0 Å². The van der Waals surface area contributed by atoms with Crippen molar-refractivity contribution in [3.63, 3.8) is 0 Å². The standard InChI is InChI=1S/C13H26/c1-5-6-7-8-9-11-10-12(11)13(2,3)4/h11-12H,5-10H2,1-4H3. The topological polar surface area (TPSA) is 0 Å². The van der Waals surface area contributed by atoms with Crippen LogP contribution in [0.25, 0.3) is 0 Å². The molecule has 0 aliphatic heterocycles. The minimum atomic E-state index is 0.579. The SMILES string of the molecule is CCCCCCC1CC1C(C)(C)C. The molecule has 2 atom stereocenters. The summed E-state index contributed by atoms with van der Waals surface area (Å²) in [6, 6.07) is 0. The lowest BCUT2D eigenvalue weighted by Crippen LogP contribution is -2.09. The van der Waals surface area contributed by atoms with Crippen molar-refractivity contribution in [1.29, 1.82) is 0 Å². The summed E-state index contributed by atoms with van der Waals surface area (Å²) in [6.07, 6.45) is 8.76. The molecule has 0 aromatic carbocycles. The van der Waals surface area contributed by atoms with Crippen molar-refractivity contribution in [2.24, 2.45) is 17.3 Å². The lowest BCUT2D eigenvalue weighted by Gasteiger charge is -2.17. The molecule has 0 saturated heterocycles. The zero-order valence-corrected chi connectivity index (χ0v) is 9.90. The van der Waals surface area contributed by atoms with Gasteiger partial charge in [0.1, 0.15) is 0 Å². The largest absolute Gasteiger partial charge is 0.0654 e. The van der Waals surface area contributed by atoms with Gasteiger partial charge in [-0.05, 0) is 23.7 Å². The van der Waals surface area contributed by atoms with Crippen molar-refractivity contribution in [3.8, 4) is 0 Å². The van der Waals surface area contributed by atoms with Gasteiger partial charge in [0, 0.05) is 0 Å². The highest BCUT2D eigenvalue weighted by atomic mass is 14.5. The van der Waals surface area contributed by atoms with E-state index in [9.17, 15) is 0 Å². The Balaban J connectivity index is 2.01. The van der Waals surface area contributed by atoms with Gasteiger partial charge < -0.3 is 0 Å². The molecule has 0 nitrogen and oxygen atoms in total. The zero-order chi connectivity index (χ0) is 9.90. The first-order valence-corrected chi connectivity index (χ1v) is 6.05. The average Bonchev–Trinajstić information content (AvgIpc) is 2.76. The van der Waals surface area contributed by atoms with Gasteiger partial charge in [-0.15, -0.1) is 0 Å². The first kappa shape index (κ1) is 11.1. The van der Waals surface area contributed by atoms with Gasteiger partial charge in [0.15, 0.2) is 0 Å². The van der Waals surface area contributed by atoms with Gasteiger partial charge in [0.2, 0.25) is 0 Å². The van der Waals surface area contributed by atoms with E-state index in [0.29, 0.717) is 5.41 Å². The van der Waals surface area contributed by atoms with E-state index in [2.05, 4.69) is 27.7 Å². The minimum Gasteiger partial charge on any atom is -0.0654 e. The fourth-order valence-electron chi connectivity index (χ4n) is 2.46. The third-order valence-corrected chi connectivity index (χ3v) is 3.46. The smallest absolute Gasteiger partial charge is 0.0334 e. The zero-order valence-electron chi connectivity index (χ0n) is 9.90. The Morgan fingerprint density at radius 1 is 1.08 bits per heavy atom. The fraction of sp³-hybridized carbons (Fsp3) is 1.00. The minimum absolute atomic E-state index is 0.579. The normalized spacial score (nSPS) is 27.7. The number of rotatable bonds is 5. The second-order valence-electron chi connectivity index (χ2n) is 5.82. The number of unbranched alkanes of at least 4 members (excludes halogenated alkanes) is 3. The van der Waals surface area contributed by atoms with Gasteiger partial charge in [-0.25, -0.2) is 0 Å². The summed E-state index contributed by atoms with van der Waals surface area (Å²) in [5, 5.41) is 0. The van der Waals surface area contributed by atoms with Crippen LogP contribution in [0.3, 0.4) is 0 Å². The first-order valence-electron chi connectivity index (χ1n) is 6.05. The lowest BCUT2D eigenvalue weighted by atomic mass is 9.88. The van der Waals surface area contributed by atoms with E-state index < -0.39 is 0 Å². The maximum atomic E-state index is 2.39. The van der Waals surface area contributed by atoms with Gasteiger partial charge in [0.05, 0.1) is 0 Å². The first-order chi connectivity index (χ1) is 6.05. The second-order valence-corrected chi connectivity index (χ2v) is 5.82. The summed E-state index contributed by atoms with van der Waals surface area (Å²) in [5.41, 5.74) is 0.579. The molecule has 0 radical (unpaired) electrons. The van der Waals surface area contributed by atoms with E-state index in [-0.39, 0.29) is 0 Å². The molecule has 0 aromatic rings. The summed E-state index contributed by atoms with van der Waals surface area (Å²) >= 11 is 0. The van der Waals surface area contributed by atoms with Gasteiger partial charge in [-0.1, -0.05) is 59.8 Å². The van der Waals surface area contributed by atoms with Crippen LogP contribution in [0.2, 0.25) is 0 Å². The highest BCUT2D eigenvalue weighted by Crippen LogP contribution is 2.52. The quantitative estimate of drug-likeness (QED) is 0.543. The van der Waals surface area contributed by atoms with Crippen LogP contribution >= 0.6 is 0 Å². The molecule has 78 valence electrons. The van der Waals surface area contributed by atoms with Crippen LogP contribution in [0.1, 0.15) is 66.2 Å². The highest BCUT2D eigenvalue weighted by Gasteiger charge is 2.43. The van der Waals surface area contributed by atoms with Crippen LogP contribution in [-0.2, 0) is 0 Å². The average molecular weight is 182 g/mol. The van der Waals surface area contributed by atoms with Crippen LogP contribution < -0.4 is 0 Å². The number of hydrogen-bond donors (Lipinski definition) is 0. The van der Waals surface area contributed by atoms with Crippen LogP contribution in [-0.4, -0.2) is 0 Å². The molecule has 0 heteroatoms. The monoisotopic (exact) mass is 182 g/mol. The third kappa shape index (κ3) is 3.70. The van der Waals surface area contributed by atoms with Crippen LogP contribution in [0.5, 0.6) is 0 Å². The summed E-state index contributed by atoms with van der Waals surface area (Å²) in [4.78, 5) is 0. The Morgan fingerprint density at radius 3 is 2.23 bits per heavy atom. The summed E-state index contributed by atoms with van der Waals surface area (Å²) in [6.45, 7) is 9.46. The number of hydrogen-bond acceptors (Lipinski definition) is 0. The Bertz CT molecular complexity index is 141. The summed E-state index contributed by atoms with van der Waals surface area (Å²) < 4.78 is 0. The molecular weight excluding hydrogens is 156 g/mol. The van der Waals surface area contributed by atoms with Crippen molar-refractivity contribution in [1.82, 2.24) is 0 Å².